The Balaban J connectivity index is 2.35. The molecule has 0 fully saturated rings. The first kappa shape index (κ1) is 9.98. The molecule has 0 amide bonds. The van der Waals surface area contributed by atoms with Crippen LogP contribution in [-0.4, -0.2) is 19.2 Å². The number of aromatic nitrogens is 1. The van der Waals surface area contributed by atoms with Crippen LogP contribution < -0.4 is 9.47 Å². The van der Waals surface area contributed by atoms with Crippen molar-refractivity contribution in [3.63, 3.8) is 0 Å². The van der Waals surface area contributed by atoms with Crippen LogP contribution in [0.4, 0.5) is 0 Å². The van der Waals surface area contributed by atoms with Crippen LogP contribution in [0.1, 0.15) is 0 Å². The van der Waals surface area contributed by atoms with Crippen molar-refractivity contribution in [2.24, 2.45) is 0 Å². The Labute approximate surface area is 92.3 Å². The third kappa shape index (κ3) is 2.10. The van der Waals surface area contributed by atoms with Gasteiger partial charge in [0.1, 0.15) is 10.8 Å². The molecule has 0 saturated heterocycles. The standard InChI is InChI=1S/C11H11NO2S/c1-13-9-5-3-4-8(6-9)11-12-10(14-2)7-15-11/h3-7H,1-2H3. The van der Waals surface area contributed by atoms with Crippen molar-refractivity contribution in [3.05, 3.63) is 29.6 Å². The Morgan fingerprint density at radius 2 is 2.07 bits per heavy atom. The lowest BCUT2D eigenvalue weighted by molar-refractivity contribution is 0.401. The lowest BCUT2D eigenvalue weighted by Gasteiger charge is -2.00. The number of hydrogen-bond acceptors (Lipinski definition) is 4. The van der Waals surface area contributed by atoms with Crippen molar-refractivity contribution in [1.82, 2.24) is 4.98 Å². The van der Waals surface area contributed by atoms with Crippen LogP contribution in [0.3, 0.4) is 0 Å². The van der Waals surface area contributed by atoms with Crippen molar-refractivity contribution in [1.29, 1.82) is 0 Å². The number of methoxy groups -OCH3 is 2. The summed E-state index contributed by atoms with van der Waals surface area (Å²) >= 11 is 1.55. The molecule has 0 unspecified atom stereocenters. The van der Waals surface area contributed by atoms with E-state index in [2.05, 4.69) is 4.98 Å². The van der Waals surface area contributed by atoms with Gasteiger partial charge < -0.3 is 9.47 Å². The minimum absolute atomic E-state index is 0.651. The second-order valence-corrected chi connectivity index (χ2v) is 3.79. The van der Waals surface area contributed by atoms with Gasteiger partial charge in [-0.1, -0.05) is 12.1 Å². The predicted octanol–water partition coefficient (Wildman–Crippen LogP) is 2.83. The second-order valence-electron chi connectivity index (χ2n) is 2.93. The highest BCUT2D eigenvalue weighted by Crippen LogP contribution is 2.28. The van der Waals surface area contributed by atoms with E-state index in [1.54, 1.807) is 25.6 Å². The van der Waals surface area contributed by atoms with Gasteiger partial charge in [-0.2, -0.15) is 0 Å². The van der Waals surface area contributed by atoms with Gasteiger partial charge in [0, 0.05) is 5.56 Å². The summed E-state index contributed by atoms with van der Waals surface area (Å²) in [4.78, 5) is 4.32. The number of benzene rings is 1. The van der Waals surface area contributed by atoms with E-state index in [1.807, 2.05) is 29.6 Å². The topological polar surface area (TPSA) is 31.4 Å². The van der Waals surface area contributed by atoms with E-state index < -0.39 is 0 Å². The summed E-state index contributed by atoms with van der Waals surface area (Å²) < 4.78 is 10.2. The van der Waals surface area contributed by atoms with Crippen LogP contribution in [0.5, 0.6) is 11.6 Å². The highest BCUT2D eigenvalue weighted by atomic mass is 32.1. The van der Waals surface area contributed by atoms with Crippen LogP contribution in [0.25, 0.3) is 10.6 Å². The van der Waals surface area contributed by atoms with E-state index in [0.717, 1.165) is 16.3 Å². The molecule has 0 N–H and O–H groups in total. The number of ether oxygens (including phenoxy) is 2. The molecule has 78 valence electrons. The molecule has 4 heteroatoms. The molecule has 15 heavy (non-hydrogen) atoms. The number of thiazole rings is 1. The molecule has 0 aliphatic rings. The smallest absolute Gasteiger partial charge is 0.224 e. The van der Waals surface area contributed by atoms with Gasteiger partial charge in [-0.05, 0) is 12.1 Å². The lowest BCUT2D eigenvalue weighted by atomic mass is 10.2. The van der Waals surface area contributed by atoms with Gasteiger partial charge in [0.15, 0.2) is 0 Å². The number of hydrogen-bond donors (Lipinski definition) is 0. The Bertz CT molecular complexity index is 453. The van der Waals surface area contributed by atoms with Crippen molar-refractivity contribution in [2.45, 2.75) is 0 Å². The maximum absolute atomic E-state index is 5.16. The molecule has 0 aliphatic heterocycles. The van der Waals surface area contributed by atoms with Gasteiger partial charge in [0.05, 0.1) is 19.6 Å². The maximum Gasteiger partial charge on any atom is 0.224 e. The maximum atomic E-state index is 5.16. The Morgan fingerprint density at radius 3 is 2.73 bits per heavy atom. The molecule has 2 rings (SSSR count). The fraction of sp³-hybridized carbons (Fsp3) is 0.182. The molecule has 1 aromatic heterocycles. The summed E-state index contributed by atoms with van der Waals surface area (Å²) in [6.07, 6.45) is 0. The molecule has 0 spiro atoms. The fourth-order valence-electron chi connectivity index (χ4n) is 1.24. The molecule has 3 nitrogen and oxygen atoms in total. The average Bonchev–Trinajstić information content (AvgIpc) is 2.78. The molecular weight excluding hydrogens is 210 g/mol. The molecule has 0 aliphatic carbocycles. The van der Waals surface area contributed by atoms with Crippen LogP contribution >= 0.6 is 11.3 Å². The molecule has 0 bridgehead atoms. The van der Waals surface area contributed by atoms with Gasteiger partial charge in [-0.25, -0.2) is 4.98 Å². The minimum Gasteiger partial charge on any atom is -0.497 e. The molecular formula is C11H11NO2S. The van der Waals surface area contributed by atoms with E-state index in [-0.39, 0.29) is 0 Å². The molecule has 1 heterocycles. The molecule has 0 atom stereocenters. The second kappa shape index (κ2) is 4.31. The van der Waals surface area contributed by atoms with Gasteiger partial charge in [0.25, 0.3) is 0 Å². The van der Waals surface area contributed by atoms with Crippen molar-refractivity contribution >= 4 is 11.3 Å². The predicted molar refractivity (Wildman–Crippen MR) is 60.7 cm³/mol. The summed E-state index contributed by atoms with van der Waals surface area (Å²) in [6, 6.07) is 7.81. The van der Waals surface area contributed by atoms with Gasteiger partial charge in [-0.3, -0.25) is 0 Å². The third-order valence-corrected chi connectivity index (χ3v) is 2.88. The van der Waals surface area contributed by atoms with Gasteiger partial charge in [-0.15, -0.1) is 11.3 Å². The lowest BCUT2D eigenvalue weighted by Crippen LogP contribution is -1.84. The Kier molecular flexibility index (Phi) is 2.87. The van der Waals surface area contributed by atoms with E-state index in [0.29, 0.717) is 5.88 Å². The highest BCUT2D eigenvalue weighted by molar-refractivity contribution is 7.13. The van der Waals surface area contributed by atoms with Crippen LogP contribution in [0, 0.1) is 0 Å². The SMILES string of the molecule is COc1cccc(-c2nc(OC)cs2)c1. The third-order valence-electron chi connectivity index (χ3n) is 2.01. The zero-order chi connectivity index (χ0) is 10.7. The average molecular weight is 221 g/mol. The van der Waals surface area contributed by atoms with E-state index in [1.165, 1.54) is 0 Å². The van der Waals surface area contributed by atoms with E-state index >= 15 is 0 Å². The molecule has 2 aromatic rings. The van der Waals surface area contributed by atoms with Crippen LogP contribution in [-0.2, 0) is 0 Å². The van der Waals surface area contributed by atoms with Crippen molar-refractivity contribution < 1.29 is 9.47 Å². The zero-order valence-electron chi connectivity index (χ0n) is 8.56. The Hall–Kier alpha value is -1.55. The fourth-order valence-corrected chi connectivity index (χ4v) is 2.01. The molecule has 0 radical (unpaired) electrons. The largest absolute Gasteiger partial charge is 0.497 e. The Morgan fingerprint density at radius 1 is 1.20 bits per heavy atom. The van der Waals surface area contributed by atoms with Gasteiger partial charge in [0.2, 0.25) is 5.88 Å². The normalized spacial score (nSPS) is 10.0. The van der Waals surface area contributed by atoms with Crippen molar-refractivity contribution in [3.8, 4) is 22.2 Å². The molecule has 0 saturated carbocycles. The van der Waals surface area contributed by atoms with Crippen molar-refractivity contribution in [2.75, 3.05) is 14.2 Å². The summed E-state index contributed by atoms with van der Waals surface area (Å²) in [5, 5.41) is 2.82. The first-order chi connectivity index (χ1) is 7.33. The first-order valence-corrected chi connectivity index (χ1v) is 5.35. The quantitative estimate of drug-likeness (QED) is 0.798. The van der Waals surface area contributed by atoms with Crippen LogP contribution in [0.15, 0.2) is 29.6 Å². The van der Waals surface area contributed by atoms with Crippen LogP contribution in [0.2, 0.25) is 0 Å². The highest BCUT2D eigenvalue weighted by Gasteiger charge is 2.05. The van der Waals surface area contributed by atoms with E-state index in [9.17, 15) is 0 Å². The zero-order valence-corrected chi connectivity index (χ0v) is 9.38. The summed E-state index contributed by atoms with van der Waals surface area (Å²) in [5.41, 5.74) is 1.04. The summed E-state index contributed by atoms with van der Waals surface area (Å²) in [7, 11) is 3.27. The first-order valence-electron chi connectivity index (χ1n) is 4.47. The minimum atomic E-state index is 0.651. The number of nitrogens with zero attached hydrogens (tertiary/aromatic N) is 1. The molecule has 1 aromatic carbocycles. The summed E-state index contributed by atoms with van der Waals surface area (Å²) in [5.74, 6) is 1.49. The van der Waals surface area contributed by atoms with Gasteiger partial charge >= 0.3 is 0 Å². The number of rotatable bonds is 3. The monoisotopic (exact) mass is 221 g/mol. The van der Waals surface area contributed by atoms with E-state index in [4.69, 9.17) is 9.47 Å². The summed E-state index contributed by atoms with van der Waals surface area (Å²) in [6.45, 7) is 0.